The molecule has 1 heterocycles. The summed E-state index contributed by atoms with van der Waals surface area (Å²) in [6, 6.07) is 2.00. The van der Waals surface area contributed by atoms with E-state index in [0.29, 0.717) is 0 Å². The minimum atomic E-state index is 0.844. The highest BCUT2D eigenvalue weighted by atomic mass is 79.9. The molecule has 1 aromatic rings. The maximum atomic E-state index is 4.44. The quantitative estimate of drug-likeness (QED) is 0.594. The van der Waals surface area contributed by atoms with Crippen LogP contribution in [0, 0.1) is 13.8 Å². The van der Waals surface area contributed by atoms with E-state index in [1.165, 1.54) is 19.3 Å². The van der Waals surface area contributed by atoms with Crippen molar-refractivity contribution in [1.82, 2.24) is 9.97 Å². The summed E-state index contributed by atoms with van der Waals surface area (Å²) in [5.41, 5.74) is 2.07. The predicted molar refractivity (Wildman–Crippen MR) is 72.4 cm³/mol. The first-order valence-corrected chi connectivity index (χ1v) is 6.85. The van der Waals surface area contributed by atoms with Crippen LogP contribution < -0.4 is 4.90 Å². The molecule has 16 heavy (non-hydrogen) atoms. The Morgan fingerprint density at radius 2 is 1.75 bits per heavy atom. The molecule has 90 valence electrons. The van der Waals surface area contributed by atoms with Crippen molar-refractivity contribution in [2.75, 3.05) is 23.8 Å². The summed E-state index contributed by atoms with van der Waals surface area (Å²) in [5, 5.41) is 1.09. The Morgan fingerprint density at radius 1 is 1.12 bits per heavy atom. The van der Waals surface area contributed by atoms with Gasteiger partial charge in [-0.25, -0.2) is 9.97 Å². The lowest BCUT2D eigenvalue weighted by Gasteiger charge is -2.17. The highest BCUT2D eigenvalue weighted by molar-refractivity contribution is 9.09. The Morgan fingerprint density at radius 3 is 2.31 bits per heavy atom. The second-order valence-electron chi connectivity index (χ2n) is 4.12. The molecule has 0 bridgehead atoms. The monoisotopic (exact) mass is 285 g/mol. The van der Waals surface area contributed by atoms with E-state index in [4.69, 9.17) is 0 Å². The zero-order chi connectivity index (χ0) is 12.0. The molecule has 0 atom stereocenters. The van der Waals surface area contributed by atoms with E-state index in [0.717, 1.165) is 29.2 Å². The Bertz CT molecular complexity index is 308. The van der Waals surface area contributed by atoms with Crippen LogP contribution in [0.3, 0.4) is 0 Å². The first-order valence-electron chi connectivity index (χ1n) is 5.73. The van der Waals surface area contributed by atoms with Crippen LogP contribution in [0.25, 0.3) is 0 Å². The number of halogens is 1. The molecule has 3 nitrogen and oxygen atoms in total. The smallest absolute Gasteiger partial charge is 0.225 e. The number of nitrogens with zero attached hydrogens (tertiary/aromatic N) is 3. The van der Waals surface area contributed by atoms with E-state index in [-0.39, 0.29) is 0 Å². The van der Waals surface area contributed by atoms with Gasteiger partial charge in [-0.2, -0.15) is 0 Å². The lowest BCUT2D eigenvalue weighted by Crippen LogP contribution is -2.21. The molecule has 4 heteroatoms. The fourth-order valence-electron chi connectivity index (χ4n) is 1.60. The molecule has 0 aliphatic carbocycles. The highest BCUT2D eigenvalue weighted by Crippen LogP contribution is 2.09. The van der Waals surface area contributed by atoms with Crippen molar-refractivity contribution in [3.05, 3.63) is 17.5 Å². The van der Waals surface area contributed by atoms with E-state index in [2.05, 4.69) is 37.8 Å². The summed E-state index contributed by atoms with van der Waals surface area (Å²) in [7, 11) is 2.06. The van der Waals surface area contributed by atoms with E-state index in [9.17, 15) is 0 Å². The molecule has 0 spiro atoms. The normalized spacial score (nSPS) is 10.5. The topological polar surface area (TPSA) is 29.0 Å². The first-order chi connectivity index (χ1) is 7.63. The van der Waals surface area contributed by atoms with Gasteiger partial charge in [-0.15, -0.1) is 0 Å². The maximum Gasteiger partial charge on any atom is 0.225 e. The minimum absolute atomic E-state index is 0.844. The number of anilines is 1. The van der Waals surface area contributed by atoms with Crippen molar-refractivity contribution in [2.45, 2.75) is 33.1 Å². The number of hydrogen-bond donors (Lipinski definition) is 0. The van der Waals surface area contributed by atoms with Gasteiger partial charge in [0.1, 0.15) is 0 Å². The van der Waals surface area contributed by atoms with Crippen molar-refractivity contribution in [2.24, 2.45) is 0 Å². The Labute approximate surface area is 106 Å². The third-order valence-corrected chi connectivity index (χ3v) is 3.00. The van der Waals surface area contributed by atoms with Crippen LogP contribution >= 0.6 is 15.9 Å². The van der Waals surface area contributed by atoms with E-state index >= 15 is 0 Å². The van der Waals surface area contributed by atoms with Gasteiger partial charge in [-0.1, -0.05) is 22.4 Å². The molecule has 1 rings (SSSR count). The molecule has 0 fully saturated rings. The van der Waals surface area contributed by atoms with Crippen LogP contribution in [0.15, 0.2) is 6.07 Å². The molecule has 0 amide bonds. The average molecular weight is 286 g/mol. The molecule has 0 aliphatic heterocycles. The summed E-state index contributed by atoms with van der Waals surface area (Å²) in [6.45, 7) is 5.05. The van der Waals surface area contributed by atoms with Crippen LogP contribution in [-0.2, 0) is 0 Å². The zero-order valence-corrected chi connectivity index (χ0v) is 11.9. The van der Waals surface area contributed by atoms with Gasteiger partial charge in [0.25, 0.3) is 0 Å². The molecular weight excluding hydrogens is 266 g/mol. The molecule has 0 aromatic carbocycles. The molecular formula is C12H20BrN3. The Kier molecular flexibility index (Phi) is 5.74. The zero-order valence-electron chi connectivity index (χ0n) is 10.3. The van der Waals surface area contributed by atoms with Gasteiger partial charge < -0.3 is 4.90 Å². The van der Waals surface area contributed by atoms with Crippen LogP contribution in [0.5, 0.6) is 0 Å². The SMILES string of the molecule is Cc1cc(C)nc(N(C)CCCCCBr)n1. The number of alkyl halides is 1. The van der Waals surface area contributed by atoms with Crippen molar-refractivity contribution in [3.8, 4) is 0 Å². The average Bonchev–Trinajstić information content (AvgIpc) is 2.22. The highest BCUT2D eigenvalue weighted by Gasteiger charge is 2.05. The molecule has 0 unspecified atom stereocenters. The van der Waals surface area contributed by atoms with Crippen LogP contribution in [0.1, 0.15) is 30.7 Å². The summed E-state index contributed by atoms with van der Waals surface area (Å²) in [4.78, 5) is 11.0. The molecule has 0 saturated carbocycles. The van der Waals surface area contributed by atoms with Crippen LogP contribution in [-0.4, -0.2) is 28.9 Å². The van der Waals surface area contributed by atoms with Gasteiger partial charge in [-0.3, -0.25) is 0 Å². The summed E-state index contributed by atoms with van der Waals surface area (Å²) >= 11 is 3.44. The van der Waals surface area contributed by atoms with Gasteiger partial charge in [0.2, 0.25) is 5.95 Å². The summed E-state index contributed by atoms with van der Waals surface area (Å²) < 4.78 is 0. The van der Waals surface area contributed by atoms with Gasteiger partial charge in [-0.05, 0) is 32.8 Å². The van der Waals surface area contributed by atoms with Crippen LogP contribution in [0.4, 0.5) is 5.95 Å². The number of aromatic nitrogens is 2. The van der Waals surface area contributed by atoms with E-state index < -0.39 is 0 Å². The van der Waals surface area contributed by atoms with E-state index in [1.54, 1.807) is 0 Å². The number of aryl methyl sites for hydroxylation is 2. The minimum Gasteiger partial charge on any atom is -0.344 e. The second kappa shape index (κ2) is 6.84. The van der Waals surface area contributed by atoms with Crippen molar-refractivity contribution < 1.29 is 0 Å². The molecule has 0 aliphatic rings. The maximum absolute atomic E-state index is 4.44. The fourth-order valence-corrected chi connectivity index (χ4v) is 1.99. The number of rotatable bonds is 6. The van der Waals surface area contributed by atoms with Gasteiger partial charge >= 0.3 is 0 Å². The van der Waals surface area contributed by atoms with Crippen molar-refractivity contribution >= 4 is 21.9 Å². The molecule has 0 N–H and O–H groups in total. The third kappa shape index (κ3) is 4.47. The summed E-state index contributed by atoms with van der Waals surface area (Å²) in [6.07, 6.45) is 3.68. The standard InChI is InChI=1S/C12H20BrN3/c1-10-9-11(2)15-12(14-10)16(3)8-6-4-5-7-13/h9H,4-8H2,1-3H3. The second-order valence-corrected chi connectivity index (χ2v) is 4.91. The largest absolute Gasteiger partial charge is 0.344 e. The lowest BCUT2D eigenvalue weighted by atomic mass is 10.2. The fraction of sp³-hybridized carbons (Fsp3) is 0.667. The van der Waals surface area contributed by atoms with Crippen molar-refractivity contribution in [1.29, 1.82) is 0 Å². The van der Waals surface area contributed by atoms with Crippen LogP contribution in [0.2, 0.25) is 0 Å². The van der Waals surface area contributed by atoms with Crippen molar-refractivity contribution in [3.63, 3.8) is 0 Å². The van der Waals surface area contributed by atoms with Gasteiger partial charge in [0.05, 0.1) is 0 Å². The van der Waals surface area contributed by atoms with Gasteiger partial charge in [0.15, 0.2) is 0 Å². The van der Waals surface area contributed by atoms with E-state index in [1.807, 2.05) is 19.9 Å². The van der Waals surface area contributed by atoms with Gasteiger partial charge in [0, 0.05) is 30.3 Å². The molecule has 1 aromatic heterocycles. The molecule has 0 radical (unpaired) electrons. The third-order valence-electron chi connectivity index (χ3n) is 2.44. The predicted octanol–water partition coefficient (Wildman–Crippen LogP) is 3.09. The number of hydrogen-bond acceptors (Lipinski definition) is 3. The Balaban J connectivity index is 2.48. The number of unbranched alkanes of at least 4 members (excludes halogenated alkanes) is 2. The first kappa shape index (κ1) is 13.4. The lowest BCUT2D eigenvalue weighted by molar-refractivity contribution is 0.700. The molecule has 0 saturated heterocycles. The summed E-state index contributed by atoms with van der Waals surface area (Å²) in [5.74, 6) is 0.844. The Hall–Kier alpha value is -0.640.